The van der Waals surface area contributed by atoms with Gasteiger partial charge in [-0.1, -0.05) is 91.0 Å². The van der Waals surface area contributed by atoms with Gasteiger partial charge in [-0.15, -0.1) is 0 Å². The highest BCUT2D eigenvalue weighted by Crippen LogP contribution is 2.42. The number of aliphatic hydroxyl groups is 1. The molecule has 3 aromatic carbocycles. The first kappa shape index (κ1) is 30.3. The Morgan fingerprint density at radius 1 is 0.929 bits per heavy atom. The molecule has 0 radical (unpaired) electrons. The van der Waals surface area contributed by atoms with Gasteiger partial charge in [-0.05, 0) is 43.9 Å². The third-order valence-electron chi connectivity index (χ3n) is 6.74. The van der Waals surface area contributed by atoms with Gasteiger partial charge in [0.15, 0.2) is 0 Å². The number of amides is 2. The summed E-state index contributed by atoms with van der Waals surface area (Å²) in [6.07, 6.45) is 2.37. The summed E-state index contributed by atoms with van der Waals surface area (Å²) in [6.45, 7) is 6.16. The number of ether oxygens (including phenoxy) is 1. The first-order chi connectivity index (χ1) is 20.3. The summed E-state index contributed by atoms with van der Waals surface area (Å²) in [4.78, 5) is 26.0. The fraction of sp³-hybridized carbons (Fsp3) is 0.303. The van der Waals surface area contributed by atoms with Crippen molar-refractivity contribution in [3.63, 3.8) is 0 Å². The molecule has 220 valence electrons. The quantitative estimate of drug-likeness (QED) is 0.117. The molecule has 1 aromatic heterocycles. The second kappa shape index (κ2) is 13.8. The molecule has 0 aliphatic rings. The zero-order valence-corrected chi connectivity index (χ0v) is 24.4. The standard InChI is InChI=1S/C33H39N5O4/c1-32(2,3)42-31(41)34-20-13-21-37(25-40)29-24-35-38(22-23-39)30(29)36-33(26-14-7-4-8-15-26,27-16-9-5-10-17-27)28-18-11-6-12-19-28/h4-12,14-19,24-25,36,39H,13,20-23H2,1-3H3,(H,34,41). The molecule has 9 heteroatoms. The third kappa shape index (κ3) is 7.16. The number of hydrogen-bond donors (Lipinski definition) is 3. The minimum absolute atomic E-state index is 0.133. The molecule has 0 bridgehead atoms. The Morgan fingerprint density at radius 2 is 1.45 bits per heavy atom. The molecule has 0 atom stereocenters. The van der Waals surface area contributed by atoms with E-state index in [-0.39, 0.29) is 13.2 Å². The smallest absolute Gasteiger partial charge is 0.407 e. The lowest BCUT2D eigenvalue weighted by atomic mass is 9.77. The van der Waals surface area contributed by atoms with Gasteiger partial charge in [-0.2, -0.15) is 5.10 Å². The maximum Gasteiger partial charge on any atom is 0.407 e. The van der Waals surface area contributed by atoms with Crippen LogP contribution in [0.1, 0.15) is 43.9 Å². The molecule has 0 spiro atoms. The second-order valence-electron chi connectivity index (χ2n) is 10.9. The lowest BCUT2D eigenvalue weighted by molar-refractivity contribution is -0.107. The van der Waals surface area contributed by atoms with Gasteiger partial charge in [0.05, 0.1) is 19.3 Å². The van der Waals surface area contributed by atoms with Gasteiger partial charge in [-0.25, -0.2) is 9.48 Å². The fourth-order valence-electron chi connectivity index (χ4n) is 4.92. The number of aromatic nitrogens is 2. The average molecular weight is 570 g/mol. The summed E-state index contributed by atoms with van der Waals surface area (Å²) in [5, 5.41) is 21.0. The molecule has 0 aliphatic heterocycles. The molecule has 4 rings (SSSR count). The predicted molar refractivity (Wildman–Crippen MR) is 164 cm³/mol. The zero-order valence-electron chi connectivity index (χ0n) is 24.4. The molecule has 0 saturated carbocycles. The number of hydrogen-bond acceptors (Lipinski definition) is 6. The van der Waals surface area contributed by atoms with Gasteiger partial charge in [0.1, 0.15) is 22.6 Å². The lowest BCUT2D eigenvalue weighted by Gasteiger charge is -2.38. The zero-order chi connectivity index (χ0) is 30.0. The van der Waals surface area contributed by atoms with E-state index in [9.17, 15) is 14.7 Å². The van der Waals surface area contributed by atoms with E-state index in [4.69, 9.17) is 4.74 Å². The van der Waals surface area contributed by atoms with Crippen LogP contribution in [0.15, 0.2) is 97.2 Å². The van der Waals surface area contributed by atoms with Gasteiger partial charge in [-0.3, -0.25) is 4.79 Å². The van der Waals surface area contributed by atoms with Gasteiger partial charge < -0.3 is 25.4 Å². The molecule has 3 N–H and O–H groups in total. The predicted octanol–water partition coefficient (Wildman–Crippen LogP) is 5.16. The number of alkyl carbamates (subject to hydrolysis) is 1. The molecule has 0 aliphatic carbocycles. The Hall–Kier alpha value is -4.63. The highest BCUT2D eigenvalue weighted by molar-refractivity contribution is 5.83. The molecule has 0 saturated heterocycles. The molecular formula is C33H39N5O4. The maximum atomic E-state index is 12.4. The van der Waals surface area contributed by atoms with Crippen molar-refractivity contribution in [3.05, 3.63) is 114 Å². The monoisotopic (exact) mass is 569 g/mol. The third-order valence-corrected chi connectivity index (χ3v) is 6.74. The minimum Gasteiger partial charge on any atom is -0.444 e. The van der Waals surface area contributed by atoms with E-state index >= 15 is 0 Å². The highest BCUT2D eigenvalue weighted by Gasteiger charge is 2.38. The van der Waals surface area contributed by atoms with Crippen molar-refractivity contribution in [3.8, 4) is 0 Å². The molecule has 9 nitrogen and oxygen atoms in total. The van der Waals surface area contributed by atoms with Crippen molar-refractivity contribution in [1.29, 1.82) is 0 Å². The summed E-state index contributed by atoms with van der Waals surface area (Å²) < 4.78 is 6.98. The van der Waals surface area contributed by atoms with Crippen LogP contribution in [0.4, 0.5) is 16.3 Å². The molecule has 0 unspecified atom stereocenters. The Balaban J connectivity index is 1.74. The minimum atomic E-state index is -0.863. The Bertz CT molecular complexity index is 1320. The van der Waals surface area contributed by atoms with E-state index < -0.39 is 17.2 Å². The SMILES string of the molecule is CC(C)(C)OC(=O)NCCCN(C=O)c1cnn(CCO)c1NC(c1ccccc1)(c1ccccc1)c1ccccc1. The summed E-state index contributed by atoms with van der Waals surface area (Å²) in [7, 11) is 0. The molecule has 4 aromatic rings. The van der Waals surface area contributed by atoms with Gasteiger partial charge in [0.25, 0.3) is 0 Å². The number of benzene rings is 3. The number of nitrogens with one attached hydrogen (secondary N) is 2. The maximum absolute atomic E-state index is 12.4. The number of carbonyl (C=O) groups is 2. The number of aliphatic hydroxyl groups excluding tert-OH is 1. The Kier molecular flexibility index (Phi) is 9.98. The van der Waals surface area contributed by atoms with Crippen LogP contribution in [0.2, 0.25) is 0 Å². The lowest BCUT2D eigenvalue weighted by Crippen LogP contribution is -2.40. The van der Waals surface area contributed by atoms with Gasteiger partial charge in [0, 0.05) is 13.1 Å². The highest BCUT2D eigenvalue weighted by atomic mass is 16.6. The number of carbonyl (C=O) groups excluding carboxylic acids is 2. The summed E-state index contributed by atoms with van der Waals surface area (Å²) in [5.74, 6) is 0.577. The van der Waals surface area contributed by atoms with E-state index in [1.54, 1.807) is 36.5 Å². The van der Waals surface area contributed by atoms with Crippen LogP contribution in [0.5, 0.6) is 0 Å². The largest absolute Gasteiger partial charge is 0.444 e. The van der Waals surface area contributed by atoms with Crippen molar-refractivity contribution < 1.29 is 19.4 Å². The molecule has 0 fully saturated rings. The molecule has 2 amide bonds. The van der Waals surface area contributed by atoms with Crippen molar-refractivity contribution in [2.24, 2.45) is 0 Å². The fourth-order valence-corrected chi connectivity index (χ4v) is 4.92. The van der Waals surface area contributed by atoms with E-state index in [2.05, 4.69) is 52.1 Å². The Labute approximate surface area is 247 Å². The van der Waals surface area contributed by atoms with Crippen LogP contribution in [0, 0.1) is 0 Å². The van der Waals surface area contributed by atoms with Crippen LogP contribution in [-0.2, 0) is 21.6 Å². The van der Waals surface area contributed by atoms with E-state index in [0.29, 0.717) is 31.0 Å². The number of nitrogens with zero attached hydrogens (tertiary/aromatic N) is 3. The Morgan fingerprint density at radius 3 is 1.90 bits per heavy atom. The van der Waals surface area contributed by atoms with Crippen LogP contribution < -0.4 is 15.5 Å². The normalized spacial score (nSPS) is 11.5. The second-order valence-corrected chi connectivity index (χ2v) is 10.9. The van der Waals surface area contributed by atoms with Crippen molar-refractivity contribution in [1.82, 2.24) is 15.1 Å². The topological polar surface area (TPSA) is 109 Å². The van der Waals surface area contributed by atoms with Gasteiger partial charge >= 0.3 is 6.09 Å². The van der Waals surface area contributed by atoms with E-state index in [1.807, 2.05) is 54.6 Å². The van der Waals surface area contributed by atoms with Crippen LogP contribution in [0.3, 0.4) is 0 Å². The van der Waals surface area contributed by atoms with Gasteiger partial charge in [0.2, 0.25) is 6.41 Å². The van der Waals surface area contributed by atoms with Crippen LogP contribution in [-0.4, -0.2) is 52.7 Å². The number of rotatable bonds is 13. The van der Waals surface area contributed by atoms with Crippen molar-refractivity contribution >= 4 is 24.0 Å². The van der Waals surface area contributed by atoms with E-state index in [0.717, 1.165) is 23.1 Å². The molecular weight excluding hydrogens is 530 g/mol. The van der Waals surface area contributed by atoms with Crippen molar-refractivity contribution in [2.45, 2.75) is 44.9 Å². The van der Waals surface area contributed by atoms with Crippen molar-refractivity contribution in [2.75, 3.05) is 29.9 Å². The summed E-state index contributed by atoms with van der Waals surface area (Å²) >= 11 is 0. The first-order valence-corrected chi connectivity index (χ1v) is 14.1. The van der Waals surface area contributed by atoms with Crippen LogP contribution >= 0.6 is 0 Å². The number of anilines is 2. The molecule has 1 heterocycles. The average Bonchev–Trinajstić information content (AvgIpc) is 3.38. The molecule has 42 heavy (non-hydrogen) atoms. The summed E-state index contributed by atoms with van der Waals surface area (Å²) in [6, 6.07) is 30.3. The van der Waals surface area contributed by atoms with E-state index in [1.165, 1.54) is 0 Å². The summed E-state index contributed by atoms with van der Waals surface area (Å²) in [5.41, 5.74) is 2.07. The first-order valence-electron chi connectivity index (χ1n) is 14.1. The van der Waals surface area contributed by atoms with Crippen LogP contribution in [0.25, 0.3) is 0 Å².